The van der Waals surface area contributed by atoms with Gasteiger partial charge < -0.3 is 14.7 Å². The molecule has 1 unspecified atom stereocenters. The van der Waals surface area contributed by atoms with E-state index in [1.54, 1.807) is 0 Å². The topological polar surface area (TPSA) is 32.7 Å². The number of aliphatic hydroxyl groups excluding tert-OH is 1. The van der Waals surface area contributed by atoms with E-state index < -0.39 is 49.0 Å². The van der Waals surface area contributed by atoms with Crippen LogP contribution in [0.25, 0.3) is 0 Å². The third kappa shape index (κ3) is 7.63. The zero-order valence-electron chi connectivity index (χ0n) is 21.6. The molecule has 41 heavy (non-hydrogen) atoms. The van der Waals surface area contributed by atoms with Gasteiger partial charge >= 0.3 is 24.2 Å². The Hall–Kier alpha value is -3.48. The lowest BCUT2D eigenvalue weighted by Crippen LogP contribution is -2.50. The lowest BCUT2D eigenvalue weighted by Gasteiger charge is -2.30. The molecule has 0 heterocycles. The Morgan fingerprint density at radius 2 is 1.37 bits per heavy atom. The summed E-state index contributed by atoms with van der Waals surface area (Å²) in [5.74, 6) is -11.9. The molecular formula is C28H25F10NO2. The first-order valence-electron chi connectivity index (χ1n) is 12.0. The third-order valence-electron chi connectivity index (χ3n) is 6.05. The lowest BCUT2D eigenvalue weighted by atomic mass is 9.99. The molecular weight excluding hydrogens is 572 g/mol. The van der Waals surface area contributed by atoms with Crippen LogP contribution in [0.5, 0.6) is 5.75 Å². The van der Waals surface area contributed by atoms with Crippen LogP contribution >= 0.6 is 0 Å². The number of hydrogen-bond donors (Lipinski definition) is 1. The molecule has 0 amide bonds. The van der Waals surface area contributed by atoms with Crippen molar-refractivity contribution in [3.63, 3.8) is 0 Å². The monoisotopic (exact) mass is 597 g/mol. The van der Waals surface area contributed by atoms with Crippen LogP contribution in [0.1, 0.15) is 27.8 Å². The molecule has 1 atom stereocenters. The lowest BCUT2D eigenvalue weighted by molar-refractivity contribution is -0.359. The van der Waals surface area contributed by atoms with Crippen molar-refractivity contribution in [2.45, 2.75) is 57.3 Å². The molecule has 3 rings (SSSR count). The van der Waals surface area contributed by atoms with Gasteiger partial charge in [-0.2, -0.15) is 43.9 Å². The minimum atomic E-state index is -6.56. The summed E-state index contributed by atoms with van der Waals surface area (Å²) in [5.41, 5.74) is 0.806. The fraction of sp³-hybridized carbons (Fsp3) is 0.357. The molecule has 1 N–H and O–H groups in total. The van der Waals surface area contributed by atoms with Crippen molar-refractivity contribution in [1.82, 2.24) is 0 Å². The number of rotatable bonds is 10. The molecule has 0 fully saturated rings. The third-order valence-corrected chi connectivity index (χ3v) is 6.05. The number of benzene rings is 3. The highest BCUT2D eigenvalue weighted by molar-refractivity contribution is 5.52. The van der Waals surface area contributed by atoms with E-state index in [9.17, 15) is 49.0 Å². The van der Waals surface area contributed by atoms with E-state index in [-0.39, 0.29) is 23.6 Å². The molecule has 0 bridgehead atoms. The van der Waals surface area contributed by atoms with Gasteiger partial charge in [-0.05, 0) is 43.2 Å². The molecule has 13 heteroatoms. The summed E-state index contributed by atoms with van der Waals surface area (Å²) >= 11 is 0. The van der Waals surface area contributed by atoms with Crippen LogP contribution in [0, 0.1) is 13.8 Å². The molecule has 3 nitrogen and oxygen atoms in total. The Morgan fingerprint density at radius 3 is 1.95 bits per heavy atom. The summed E-state index contributed by atoms with van der Waals surface area (Å²) < 4.78 is 139. The minimum absolute atomic E-state index is 0.0315. The summed E-state index contributed by atoms with van der Waals surface area (Å²) in [6, 6.07) is 13.8. The number of alkyl halides is 10. The second kappa shape index (κ2) is 11.8. The van der Waals surface area contributed by atoms with E-state index in [0.29, 0.717) is 12.1 Å². The zero-order chi connectivity index (χ0) is 30.8. The zero-order valence-corrected chi connectivity index (χ0v) is 21.6. The summed E-state index contributed by atoms with van der Waals surface area (Å²) in [6.45, 7) is 2.10. The number of aliphatic hydroxyl groups is 1. The average Bonchev–Trinajstić information content (AvgIpc) is 2.85. The minimum Gasteiger partial charge on any atom is -0.489 e. The Balaban J connectivity index is 1.92. The smallest absolute Gasteiger partial charge is 0.460 e. The highest BCUT2D eigenvalue weighted by Crippen LogP contribution is 2.51. The maximum atomic E-state index is 14.3. The van der Waals surface area contributed by atoms with Gasteiger partial charge in [0, 0.05) is 23.9 Å². The van der Waals surface area contributed by atoms with Gasteiger partial charge in [-0.25, -0.2) is 0 Å². The Labute approximate surface area is 229 Å². The predicted octanol–water partition coefficient (Wildman–Crippen LogP) is 8.10. The number of halogens is 10. The van der Waals surface area contributed by atoms with Crippen LogP contribution in [0.4, 0.5) is 49.6 Å². The van der Waals surface area contributed by atoms with Crippen molar-refractivity contribution >= 4 is 5.69 Å². The van der Waals surface area contributed by atoms with Gasteiger partial charge in [0.15, 0.2) is 6.10 Å². The van der Waals surface area contributed by atoms with Gasteiger partial charge in [-0.15, -0.1) is 0 Å². The van der Waals surface area contributed by atoms with E-state index >= 15 is 0 Å². The van der Waals surface area contributed by atoms with E-state index in [1.807, 2.05) is 32.0 Å². The van der Waals surface area contributed by atoms with Crippen molar-refractivity contribution in [2.75, 3.05) is 11.4 Å². The SMILES string of the molecule is Cc1cc(C)cc(COc2cccc(N(Cc3cccc(C(F)(F)C(F)(F)C(F)(F)F)c3)CC(O)C(F)(F)F)c2)c1. The Bertz CT molecular complexity index is 1320. The van der Waals surface area contributed by atoms with Crippen molar-refractivity contribution < 1.29 is 53.7 Å². The molecule has 3 aromatic rings. The van der Waals surface area contributed by atoms with Gasteiger partial charge in [0.25, 0.3) is 0 Å². The number of aryl methyl sites for hydroxylation is 2. The Morgan fingerprint density at radius 1 is 0.756 bits per heavy atom. The van der Waals surface area contributed by atoms with E-state index in [2.05, 4.69) is 0 Å². The van der Waals surface area contributed by atoms with Crippen LogP contribution in [-0.2, 0) is 19.1 Å². The molecule has 0 saturated heterocycles. The van der Waals surface area contributed by atoms with Crippen LogP contribution in [0.15, 0.2) is 66.7 Å². The highest BCUT2D eigenvalue weighted by atomic mass is 19.4. The highest BCUT2D eigenvalue weighted by Gasteiger charge is 2.73. The molecule has 0 radical (unpaired) electrons. The molecule has 0 saturated carbocycles. The van der Waals surface area contributed by atoms with Crippen LogP contribution in [0.2, 0.25) is 0 Å². The number of nitrogens with zero attached hydrogens (tertiary/aromatic N) is 1. The molecule has 0 aliphatic heterocycles. The van der Waals surface area contributed by atoms with E-state index in [1.165, 1.54) is 24.3 Å². The standard InChI is InChI=1S/C28H25F10NO2/c1-17-9-18(2)11-20(10-17)16-41-23-8-4-7-22(13-23)39(15-24(40)26(31,32)33)14-19-5-3-6-21(12-19)25(29,30)27(34,35)28(36,37)38/h3-13,24,40H,14-16H2,1-2H3. The number of hydrogen-bond acceptors (Lipinski definition) is 3. The largest absolute Gasteiger partial charge is 0.489 e. The summed E-state index contributed by atoms with van der Waals surface area (Å²) in [7, 11) is 0. The van der Waals surface area contributed by atoms with Crippen LogP contribution < -0.4 is 9.64 Å². The van der Waals surface area contributed by atoms with Crippen molar-refractivity contribution in [2.24, 2.45) is 0 Å². The molecule has 0 aliphatic carbocycles. The van der Waals surface area contributed by atoms with Gasteiger partial charge in [0.2, 0.25) is 0 Å². The maximum absolute atomic E-state index is 14.3. The van der Waals surface area contributed by atoms with Gasteiger partial charge in [0.05, 0.1) is 6.54 Å². The van der Waals surface area contributed by atoms with E-state index in [4.69, 9.17) is 4.74 Å². The molecule has 0 spiro atoms. The summed E-state index contributed by atoms with van der Waals surface area (Å²) in [6.07, 6.45) is -14.5. The quantitative estimate of drug-likeness (QED) is 0.240. The number of ether oxygens (including phenoxy) is 1. The fourth-order valence-electron chi connectivity index (χ4n) is 4.11. The van der Waals surface area contributed by atoms with Gasteiger partial charge in [-0.3, -0.25) is 0 Å². The molecule has 0 aromatic heterocycles. The summed E-state index contributed by atoms with van der Waals surface area (Å²) in [4.78, 5) is 0.918. The first-order chi connectivity index (χ1) is 18.8. The fourth-order valence-corrected chi connectivity index (χ4v) is 4.11. The molecule has 3 aromatic carbocycles. The first-order valence-corrected chi connectivity index (χ1v) is 12.0. The van der Waals surface area contributed by atoms with Crippen molar-refractivity contribution in [1.29, 1.82) is 0 Å². The maximum Gasteiger partial charge on any atom is 0.460 e. The normalized spacial score (nSPS) is 13.7. The van der Waals surface area contributed by atoms with E-state index in [0.717, 1.165) is 33.7 Å². The Kier molecular flexibility index (Phi) is 9.21. The average molecular weight is 597 g/mol. The molecule has 224 valence electrons. The second-order valence-corrected chi connectivity index (χ2v) is 9.57. The van der Waals surface area contributed by atoms with Gasteiger partial charge in [0.1, 0.15) is 12.4 Å². The van der Waals surface area contributed by atoms with Gasteiger partial charge in [-0.1, -0.05) is 53.6 Å². The van der Waals surface area contributed by atoms with Crippen LogP contribution in [0.3, 0.4) is 0 Å². The predicted molar refractivity (Wildman–Crippen MR) is 131 cm³/mol. The number of anilines is 1. The van der Waals surface area contributed by atoms with Crippen molar-refractivity contribution in [3.05, 3.63) is 94.5 Å². The van der Waals surface area contributed by atoms with Crippen molar-refractivity contribution in [3.8, 4) is 5.75 Å². The summed E-state index contributed by atoms with van der Waals surface area (Å²) in [5, 5.41) is 9.71. The van der Waals surface area contributed by atoms with Crippen LogP contribution in [-0.4, -0.2) is 36.0 Å². The second-order valence-electron chi connectivity index (χ2n) is 9.57. The molecule has 0 aliphatic rings. The first kappa shape index (κ1) is 32.0.